The van der Waals surface area contributed by atoms with E-state index in [0.717, 1.165) is 5.56 Å². The van der Waals surface area contributed by atoms with Gasteiger partial charge in [0.25, 0.3) is 5.91 Å². The minimum atomic E-state index is -0.305. The third-order valence-electron chi connectivity index (χ3n) is 2.13. The normalized spacial score (nSPS) is 10.1. The van der Waals surface area contributed by atoms with Crippen LogP contribution in [0.3, 0.4) is 0 Å². The number of carbonyl (C=O) groups excluding carboxylic acids is 1. The van der Waals surface area contributed by atoms with Crippen LogP contribution in [0.5, 0.6) is 0 Å². The Balaban J connectivity index is 2.19. The molecule has 1 heterocycles. The topological polar surface area (TPSA) is 85.8 Å². The van der Waals surface area contributed by atoms with Crippen molar-refractivity contribution in [3.05, 3.63) is 48.0 Å². The van der Waals surface area contributed by atoms with Crippen molar-refractivity contribution in [3.63, 3.8) is 0 Å². The Labute approximate surface area is 92.1 Å². The molecule has 6 nitrogen and oxygen atoms in total. The van der Waals surface area contributed by atoms with Crippen molar-refractivity contribution >= 4 is 5.91 Å². The predicted octanol–water partition coefficient (Wildman–Crippen LogP) is -0.0701. The Bertz CT molecular complexity index is 480. The van der Waals surface area contributed by atoms with Crippen molar-refractivity contribution in [3.8, 4) is 0 Å². The molecule has 1 aromatic heterocycles. The third kappa shape index (κ3) is 2.23. The first kappa shape index (κ1) is 10.3. The van der Waals surface area contributed by atoms with Crippen LogP contribution >= 0.6 is 0 Å². The molecule has 0 aliphatic rings. The first-order valence-corrected chi connectivity index (χ1v) is 4.72. The fourth-order valence-electron chi connectivity index (χ4n) is 1.40. The number of nitrogens with one attached hydrogen (secondary N) is 1. The summed E-state index contributed by atoms with van der Waals surface area (Å²) in [6.07, 6.45) is 3.09. The second kappa shape index (κ2) is 4.54. The van der Waals surface area contributed by atoms with E-state index in [9.17, 15) is 4.79 Å². The zero-order chi connectivity index (χ0) is 11.4. The fourth-order valence-corrected chi connectivity index (χ4v) is 1.40. The van der Waals surface area contributed by atoms with Crippen molar-refractivity contribution in [2.45, 2.75) is 6.54 Å². The SMILES string of the molecule is NNC(=O)c1cccc(Cn2cncn2)c1. The van der Waals surface area contributed by atoms with Gasteiger partial charge in [0.2, 0.25) is 0 Å². The largest absolute Gasteiger partial charge is 0.290 e. The van der Waals surface area contributed by atoms with Gasteiger partial charge in [0.05, 0.1) is 6.54 Å². The minimum absolute atomic E-state index is 0.305. The number of nitrogen functional groups attached to an aromatic ring is 1. The maximum atomic E-state index is 11.3. The van der Waals surface area contributed by atoms with Crippen LogP contribution in [0, 0.1) is 0 Å². The Morgan fingerprint density at radius 3 is 3.06 bits per heavy atom. The Hall–Kier alpha value is -2.21. The van der Waals surface area contributed by atoms with Gasteiger partial charge in [-0.2, -0.15) is 5.10 Å². The molecule has 0 aliphatic carbocycles. The molecular weight excluding hydrogens is 206 g/mol. The number of nitrogens with zero attached hydrogens (tertiary/aromatic N) is 3. The summed E-state index contributed by atoms with van der Waals surface area (Å²) in [4.78, 5) is 15.1. The van der Waals surface area contributed by atoms with Crippen LogP contribution in [-0.4, -0.2) is 20.7 Å². The smallest absolute Gasteiger partial charge is 0.265 e. The summed E-state index contributed by atoms with van der Waals surface area (Å²) in [7, 11) is 0. The summed E-state index contributed by atoms with van der Waals surface area (Å²) in [5.41, 5.74) is 3.59. The lowest BCUT2D eigenvalue weighted by atomic mass is 10.1. The van der Waals surface area contributed by atoms with Crippen LogP contribution < -0.4 is 11.3 Å². The number of rotatable bonds is 3. The summed E-state index contributed by atoms with van der Waals surface area (Å²) in [5.74, 6) is 4.76. The molecule has 82 valence electrons. The van der Waals surface area contributed by atoms with E-state index in [2.05, 4.69) is 15.5 Å². The molecule has 6 heteroatoms. The molecule has 2 rings (SSSR count). The number of carbonyl (C=O) groups is 1. The molecule has 0 spiro atoms. The first-order chi connectivity index (χ1) is 7.79. The van der Waals surface area contributed by atoms with Crippen LogP contribution in [-0.2, 0) is 6.54 Å². The number of aromatic nitrogens is 3. The van der Waals surface area contributed by atoms with Gasteiger partial charge in [-0.05, 0) is 17.7 Å². The number of nitrogens with two attached hydrogens (primary N) is 1. The average Bonchev–Trinajstić information content (AvgIpc) is 2.81. The van der Waals surface area contributed by atoms with E-state index in [1.54, 1.807) is 29.2 Å². The van der Waals surface area contributed by atoms with Gasteiger partial charge in [-0.15, -0.1) is 0 Å². The summed E-state index contributed by atoms with van der Waals surface area (Å²) in [6.45, 7) is 0.575. The van der Waals surface area contributed by atoms with Crippen LogP contribution in [0.2, 0.25) is 0 Å². The summed E-state index contributed by atoms with van der Waals surface area (Å²) < 4.78 is 1.68. The molecule has 0 radical (unpaired) electrons. The van der Waals surface area contributed by atoms with Crippen molar-refractivity contribution in [1.29, 1.82) is 0 Å². The summed E-state index contributed by atoms with van der Waals surface area (Å²) in [5, 5.41) is 3.99. The van der Waals surface area contributed by atoms with Crippen LogP contribution in [0.4, 0.5) is 0 Å². The standard InChI is InChI=1S/C10H11N5O/c11-14-10(16)9-3-1-2-8(4-9)5-15-7-12-6-13-15/h1-4,6-7H,5,11H2,(H,14,16). The molecule has 0 unspecified atom stereocenters. The maximum absolute atomic E-state index is 11.3. The Morgan fingerprint density at radius 1 is 1.50 bits per heavy atom. The third-order valence-corrected chi connectivity index (χ3v) is 2.13. The molecule has 16 heavy (non-hydrogen) atoms. The second-order valence-corrected chi connectivity index (χ2v) is 3.27. The lowest BCUT2D eigenvalue weighted by Gasteiger charge is -2.04. The van der Waals surface area contributed by atoms with Gasteiger partial charge in [0.1, 0.15) is 12.7 Å². The average molecular weight is 217 g/mol. The van der Waals surface area contributed by atoms with Crippen molar-refractivity contribution in [2.75, 3.05) is 0 Å². The number of hydrogen-bond donors (Lipinski definition) is 2. The molecule has 3 N–H and O–H groups in total. The van der Waals surface area contributed by atoms with E-state index in [0.29, 0.717) is 12.1 Å². The lowest BCUT2D eigenvalue weighted by Crippen LogP contribution is -2.30. The first-order valence-electron chi connectivity index (χ1n) is 4.72. The van der Waals surface area contributed by atoms with E-state index in [1.165, 1.54) is 6.33 Å². The fraction of sp³-hybridized carbons (Fsp3) is 0.100. The van der Waals surface area contributed by atoms with E-state index in [1.807, 2.05) is 6.07 Å². The molecular formula is C10H11N5O. The van der Waals surface area contributed by atoms with E-state index >= 15 is 0 Å². The maximum Gasteiger partial charge on any atom is 0.265 e. The summed E-state index contributed by atoms with van der Waals surface area (Å²) in [6, 6.07) is 7.18. The molecule has 1 amide bonds. The van der Waals surface area contributed by atoms with Crippen molar-refractivity contribution in [1.82, 2.24) is 20.2 Å². The molecule has 0 fully saturated rings. The number of benzene rings is 1. The number of amides is 1. The van der Waals surface area contributed by atoms with Crippen LogP contribution in [0.1, 0.15) is 15.9 Å². The lowest BCUT2D eigenvalue weighted by molar-refractivity contribution is 0.0953. The zero-order valence-corrected chi connectivity index (χ0v) is 8.50. The van der Waals surface area contributed by atoms with Gasteiger partial charge in [0, 0.05) is 5.56 Å². The van der Waals surface area contributed by atoms with Gasteiger partial charge in [-0.3, -0.25) is 10.2 Å². The highest BCUT2D eigenvalue weighted by Gasteiger charge is 2.04. The predicted molar refractivity (Wildman–Crippen MR) is 57.2 cm³/mol. The van der Waals surface area contributed by atoms with Gasteiger partial charge in [-0.25, -0.2) is 15.5 Å². The van der Waals surface area contributed by atoms with Gasteiger partial charge in [0.15, 0.2) is 0 Å². The monoisotopic (exact) mass is 217 g/mol. The van der Waals surface area contributed by atoms with Crippen LogP contribution in [0.15, 0.2) is 36.9 Å². The van der Waals surface area contributed by atoms with Crippen molar-refractivity contribution in [2.24, 2.45) is 5.84 Å². The molecule has 0 atom stereocenters. The van der Waals surface area contributed by atoms with E-state index < -0.39 is 0 Å². The number of hydrazine groups is 1. The van der Waals surface area contributed by atoms with E-state index in [-0.39, 0.29) is 5.91 Å². The quantitative estimate of drug-likeness (QED) is 0.428. The van der Waals surface area contributed by atoms with Gasteiger partial charge >= 0.3 is 0 Å². The Kier molecular flexibility index (Phi) is 2.93. The molecule has 2 aromatic rings. The molecule has 0 bridgehead atoms. The van der Waals surface area contributed by atoms with Crippen LogP contribution in [0.25, 0.3) is 0 Å². The molecule has 0 aliphatic heterocycles. The minimum Gasteiger partial charge on any atom is -0.290 e. The molecule has 0 saturated heterocycles. The zero-order valence-electron chi connectivity index (χ0n) is 8.50. The molecule has 0 saturated carbocycles. The highest BCUT2D eigenvalue weighted by atomic mass is 16.2. The van der Waals surface area contributed by atoms with Gasteiger partial charge in [-0.1, -0.05) is 12.1 Å². The highest BCUT2D eigenvalue weighted by Crippen LogP contribution is 2.06. The highest BCUT2D eigenvalue weighted by molar-refractivity contribution is 5.93. The Morgan fingerprint density at radius 2 is 2.38 bits per heavy atom. The second-order valence-electron chi connectivity index (χ2n) is 3.27. The van der Waals surface area contributed by atoms with E-state index in [4.69, 9.17) is 5.84 Å². The van der Waals surface area contributed by atoms with Crippen molar-refractivity contribution < 1.29 is 4.79 Å². The van der Waals surface area contributed by atoms with Gasteiger partial charge < -0.3 is 0 Å². The summed E-state index contributed by atoms with van der Waals surface area (Å²) >= 11 is 0. The number of hydrogen-bond acceptors (Lipinski definition) is 4. The molecule has 1 aromatic carbocycles.